The highest BCUT2D eigenvalue weighted by Gasteiger charge is 2.64. The molecule has 5 atom stereocenters. The normalized spacial score (nSPS) is 36.9. The summed E-state index contributed by atoms with van der Waals surface area (Å²) in [5.41, 5.74) is 2.54. The van der Waals surface area contributed by atoms with Gasteiger partial charge in [-0.3, -0.25) is 0 Å². The number of hydrogen-bond acceptors (Lipinski definition) is 4. The van der Waals surface area contributed by atoms with E-state index in [1.165, 1.54) is 11.1 Å². The van der Waals surface area contributed by atoms with E-state index in [0.29, 0.717) is 18.6 Å². The maximum atomic E-state index is 10.6. The van der Waals surface area contributed by atoms with Crippen LogP contribution in [0.4, 0.5) is 0 Å². The van der Waals surface area contributed by atoms with Gasteiger partial charge in [-0.15, -0.1) is 12.4 Å². The number of hydrogen-bond donors (Lipinski definition) is 1. The van der Waals surface area contributed by atoms with Gasteiger partial charge in [-0.2, -0.15) is 0 Å². The monoisotopic (exact) mass is 361 g/mol. The molecule has 4 nitrogen and oxygen atoms in total. The first-order valence-corrected chi connectivity index (χ1v) is 8.80. The summed E-state index contributed by atoms with van der Waals surface area (Å²) < 4.78 is 12.2. The molecule has 1 N–H and O–H groups in total. The zero-order valence-electron chi connectivity index (χ0n) is 14.4. The molecule has 0 radical (unpaired) electrons. The van der Waals surface area contributed by atoms with Crippen molar-refractivity contribution in [2.75, 3.05) is 20.2 Å². The summed E-state index contributed by atoms with van der Waals surface area (Å²) in [7, 11) is 2.22. The number of halogens is 1. The van der Waals surface area contributed by atoms with E-state index in [0.717, 1.165) is 30.9 Å². The molecule has 1 fully saturated rings. The molecule has 5 rings (SSSR count). The van der Waals surface area contributed by atoms with E-state index in [4.69, 9.17) is 9.47 Å². The highest BCUT2D eigenvalue weighted by atomic mass is 35.5. The number of rotatable bonds is 3. The first kappa shape index (κ1) is 17.0. The summed E-state index contributed by atoms with van der Waals surface area (Å²) in [4.78, 5) is 2.47. The predicted molar refractivity (Wildman–Crippen MR) is 98.9 cm³/mol. The Kier molecular flexibility index (Phi) is 3.91. The lowest BCUT2D eigenvalue weighted by Crippen LogP contribution is -2.64. The molecule has 5 heteroatoms. The average Bonchev–Trinajstić information content (AvgIpc) is 2.94. The van der Waals surface area contributed by atoms with Crippen molar-refractivity contribution in [3.63, 3.8) is 0 Å². The molecule has 2 heterocycles. The van der Waals surface area contributed by atoms with Crippen molar-refractivity contribution in [2.24, 2.45) is 5.92 Å². The molecule has 0 amide bonds. The van der Waals surface area contributed by atoms with Gasteiger partial charge in [-0.1, -0.05) is 30.9 Å². The van der Waals surface area contributed by atoms with Crippen molar-refractivity contribution in [3.8, 4) is 11.5 Å². The number of likely N-dealkylation sites (tertiary alicyclic amines) is 1. The van der Waals surface area contributed by atoms with Crippen molar-refractivity contribution in [1.82, 2.24) is 4.90 Å². The molecule has 2 bridgehead atoms. The Bertz CT molecular complexity index is 749. The largest absolute Gasteiger partial charge is 0.486 e. The van der Waals surface area contributed by atoms with Gasteiger partial charge in [-0.25, -0.2) is 0 Å². The Morgan fingerprint density at radius 3 is 3.08 bits per heavy atom. The fourth-order valence-corrected chi connectivity index (χ4v) is 5.49. The number of aliphatic hydroxyl groups is 1. The van der Waals surface area contributed by atoms with Crippen molar-refractivity contribution in [1.29, 1.82) is 0 Å². The summed E-state index contributed by atoms with van der Waals surface area (Å²) in [6, 6.07) is 4.69. The Labute approximate surface area is 154 Å². The van der Waals surface area contributed by atoms with Crippen LogP contribution >= 0.6 is 12.4 Å². The third-order valence-corrected chi connectivity index (χ3v) is 6.49. The van der Waals surface area contributed by atoms with E-state index in [-0.39, 0.29) is 23.9 Å². The Morgan fingerprint density at radius 2 is 2.28 bits per heavy atom. The first-order chi connectivity index (χ1) is 11.7. The lowest BCUT2D eigenvalue weighted by atomic mass is 9.53. The Morgan fingerprint density at radius 1 is 1.44 bits per heavy atom. The van der Waals surface area contributed by atoms with E-state index in [1.807, 2.05) is 12.1 Å². The minimum absolute atomic E-state index is 0. The molecule has 1 aromatic carbocycles. The van der Waals surface area contributed by atoms with E-state index in [9.17, 15) is 5.11 Å². The lowest BCUT2D eigenvalue weighted by Gasteiger charge is -2.56. The molecular weight excluding hydrogens is 338 g/mol. The molecule has 1 aromatic rings. The van der Waals surface area contributed by atoms with E-state index in [2.05, 4.69) is 30.7 Å². The summed E-state index contributed by atoms with van der Waals surface area (Å²) in [5, 5.41) is 10.6. The van der Waals surface area contributed by atoms with Crippen LogP contribution in [0.5, 0.6) is 11.5 Å². The number of nitrogens with zero attached hydrogens (tertiary/aromatic N) is 1. The summed E-state index contributed by atoms with van der Waals surface area (Å²) in [6.45, 7) is 5.23. The van der Waals surface area contributed by atoms with Crippen LogP contribution in [0.1, 0.15) is 17.5 Å². The van der Waals surface area contributed by atoms with Gasteiger partial charge < -0.3 is 19.5 Å². The van der Waals surface area contributed by atoms with Crippen LogP contribution < -0.4 is 9.47 Å². The summed E-state index contributed by atoms with van der Waals surface area (Å²) in [6.07, 6.45) is 7.20. The fraction of sp³-hybridized carbons (Fsp3) is 0.500. The standard InChI is InChI=1S/C20H23NO3.ClH/c1-3-10-23-16-7-4-12-11-14-13-5-6-15(22)19-20(13,8-9-21(14)2)17(12)18(16)24-19;/h3-7,13-15,19,22H,1,8-11H2,2H3;1H/t13-,14+,15-,19-,20-;/m0./s1. The minimum atomic E-state index is -0.559. The summed E-state index contributed by atoms with van der Waals surface area (Å²) >= 11 is 0. The molecule has 0 aromatic heterocycles. The van der Waals surface area contributed by atoms with Crippen LogP contribution in [0.15, 0.2) is 36.9 Å². The number of ether oxygens (including phenoxy) is 2. The molecule has 2 aliphatic carbocycles. The molecule has 1 spiro atoms. The molecule has 2 aliphatic heterocycles. The maximum absolute atomic E-state index is 10.6. The van der Waals surface area contributed by atoms with Gasteiger partial charge in [0.1, 0.15) is 18.8 Å². The fourth-order valence-electron chi connectivity index (χ4n) is 5.49. The highest BCUT2D eigenvalue weighted by Crippen LogP contribution is 2.62. The first-order valence-electron chi connectivity index (χ1n) is 8.80. The van der Waals surface area contributed by atoms with Crippen molar-refractivity contribution in [2.45, 2.75) is 36.5 Å². The van der Waals surface area contributed by atoms with Crippen LogP contribution in [-0.4, -0.2) is 48.5 Å². The molecule has 1 saturated heterocycles. The molecular formula is C20H24ClNO3. The van der Waals surface area contributed by atoms with E-state index >= 15 is 0 Å². The summed E-state index contributed by atoms with van der Waals surface area (Å²) in [5.74, 6) is 2.03. The zero-order valence-corrected chi connectivity index (χ0v) is 15.2. The van der Waals surface area contributed by atoms with Crippen molar-refractivity contribution < 1.29 is 14.6 Å². The number of likely N-dealkylation sites (N-methyl/N-ethyl adjacent to an activating group) is 1. The molecule has 134 valence electrons. The third-order valence-electron chi connectivity index (χ3n) is 6.49. The van der Waals surface area contributed by atoms with Gasteiger partial charge in [0.2, 0.25) is 0 Å². The van der Waals surface area contributed by atoms with Crippen LogP contribution in [0.2, 0.25) is 0 Å². The maximum Gasteiger partial charge on any atom is 0.166 e. The second-order valence-electron chi connectivity index (χ2n) is 7.51. The van der Waals surface area contributed by atoms with Gasteiger partial charge in [0.05, 0.1) is 0 Å². The lowest BCUT2D eigenvalue weighted by molar-refractivity contribution is -0.0453. The number of piperidine rings is 1. The van der Waals surface area contributed by atoms with Gasteiger partial charge in [0, 0.05) is 22.9 Å². The van der Waals surface area contributed by atoms with Gasteiger partial charge >= 0.3 is 0 Å². The Hall–Kier alpha value is -1.49. The third kappa shape index (κ3) is 2.02. The predicted octanol–water partition coefficient (Wildman–Crippen LogP) is 2.48. The van der Waals surface area contributed by atoms with E-state index in [1.54, 1.807) is 6.08 Å². The van der Waals surface area contributed by atoms with Gasteiger partial charge in [-0.05, 0) is 38.1 Å². The number of aliphatic hydroxyl groups excluding tert-OH is 1. The van der Waals surface area contributed by atoms with Crippen molar-refractivity contribution in [3.05, 3.63) is 48.1 Å². The molecule has 0 saturated carbocycles. The van der Waals surface area contributed by atoms with Gasteiger partial charge in [0.15, 0.2) is 11.5 Å². The van der Waals surface area contributed by atoms with E-state index < -0.39 is 6.10 Å². The van der Waals surface area contributed by atoms with Crippen molar-refractivity contribution >= 4 is 12.4 Å². The SMILES string of the molecule is C=CCOc1ccc2c3c1O[C@H]1[C@@H](O)C=C[C@H]4[C@@H](C2)N(C)CC[C@@]341.Cl. The molecule has 0 unspecified atom stereocenters. The second-order valence-corrected chi connectivity index (χ2v) is 7.51. The van der Waals surface area contributed by atoms with Crippen LogP contribution in [-0.2, 0) is 11.8 Å². The zero-order chi connectivity index (χ0) is 16.5. The Balaban J connectivity index is 0.00000157. The number of benzene rings is 1. The van der Waals surface area contributed by atoms with Crippen LogP contribution in [0.3, 0.4) is 0 Å². The topological polar surface area (TPSA) is 41.9 Å². The van der Waals surface area contributed by atoms with Crippen LogP contribution in [0.25, 0.3) is 0 Å². The van der Waals surface area contributed by atoms with Crippen LogP contribution in [0, 0.1) is 5.92 Å². The molecule has 25 heavy (non-hydrogen) atoms. The van der Waals surface area contributed by atoms with Gasteiger partial charge in [0.25, 0.3) is 0 Å². The smallest absolute Gasteiger partial charge is 0.166 e. The highest BCUT2D eigenvalue weighted by molar-refractivity contribution is 5.85. The minimum Gasteiger partial charge on any atom is -0.486 e. The molecule has 4 aliphatic rings. The average molecular weight is 362 g/mol. The second kappa shape index (κ2) is 5.76. The quantitative estimate of drug-likeness (QED) is 0.840.